The molecule has 0 N–H and O–H groups in total. The Bertz CT molecular complexity index is 319. The molecule has 0 aromatic heterocycles. The summed E-state index contributed by atoms with van der Waals surface area (Å²) >= 11 is 0. The van der Waals surface area contributed by atoms with Crippen molar-refractivity contribution in [2.75, 3.05) is 0 Å². The molecule has 0 heteroatoms. The Balaban J connectivity index is 0. The second-order valence-corrected chi connectivity index (χ2v) is 3.14. The summed E-state index contributed by atoms with van der Waals surface area (Å²) in [7, 11) is 0. The molecule has 0 spiro atoms. The van der Waals surface area contributed by atoms with E-state index in [2.05, 4.69) is 50.8 Å². The lowest BCUT2D eigenvalue weighted by molar-refractivity contribution is 1.23. The number of benzene rings is 1. The van der Waals surface area contributed by atoms with E-state index >= 15 is 0 Å². The molecule has 0 aliphatic rings. The van der Waals surface area contributed by atoms with Crippen LogP contribution in [0.5, 0.6) is 0 Å². The molecule has 0 bridgehead atoms. The van der Waals surface area contributed by atoms with Gasteiger partial charge in [0.25, 0.3) is 0 Å². The molecule has 0 fully saturated rings. The van der Waals surface area contributed by atoms with E-state index < -0.39 is 0 Å². The fraction of sp³-hybridized carbons (Fsp3) is 0.375. The number of rotatable bonds is 3. The third-order valence-electron chi connectivity index (χ3n) is 2.00. The van der Waals surface area contributed by atoms with Gasteiger partial charge in [-0.1, -0.05) is 76.8 Å². The van der Waals surface area contributed by atoms with Crippen LogP contribution in [0.4, 0.5) is 0 Å². The van der Waals surface area contributed by atoms with Crippen LogP contribution in [0, 0.1) is 6.92 Å². The highest BCUT2D eigenvalue weighted by atomic mass is 14.0. The Labute approximate surface area is 102 Å². The normalized spacial score (nSPS) is 9.62. The maximum absolute atomic E-state index is 3.82. The van der Waals surface area contributed by atoms with Crippen LogP contribution in [-0.4, -0.2) is 0 Å². The number of allylic oxidation sites excluding steroid dienone is 3. The second-order valence-electron chi connectivity index (χ2n) is 3.14. The third-order valence-corrected chi connectivity index (χ3v) is 2.00. The van der Waals surface area contributed by atoms with E-state index in [1.807, 2.05) is 19.9 Å². The lowest BCUT2D eigenvalue weighted by Crippen LogP contribution is -1.81. The van der Waals surface area contributed by atoms with E-state index in [1.165, 1.54) is 16.7 Å². The van der Waals surface area contributed by atoms with Gasteiger partial charge >= 0.3 is 0 Å². The average Bonchev–Trinajstić information content (AvgIpc) is 2.28. The molecule has 0 nitrogen and oxygen atoms in total. The number of aryl methyl sites for hydroxylation is 1. The molecule has 0 aliphatic carbocycles. The minimum Gasteiger partial charge on any atom is -0.0985 e. The molecule has 0 amide bonds. The van der Waals surface area contributed by atoms with Gasteiger partial charge in [0.05, 0.1) is 0 Å². The van der Waals surface area contributed by atoms with Gasteiger partial charge in [-0.05, 0) is 24.5 Å². The molecule has 16 heavy (non-hydrogen) atoms. The minimum absolute atomic E-state index is 0. The van der Waals surface area contributed by atoms with E-state index in [-0.39, 0.29) is 7.43 Å². The molecular weight excluding hydrogens is 192 g/mol. The van der Waals surface area contributed by atoms with Crippen molar-refractivity contribution in [2.45, 2.75) is 41.5 Å². The van der Waals surface area contributed by atoms with Gasteiger partial charge in [-0.15, -0.1) is 0 Å². The molecule has 0 aliphatic heterocycles. The van der Waals surface area contributed by atoms with Crippen molar-refractivity contribution in [2.24, 2.45) is 0 Å². The highest BCUT2D eigenvalue weighted by Crippen LogP contribution is 2.16. The zero-order valence-electron chi connectivity index (χ0n) is 10.4. The summed E-state index contributed by atoms with van der Waals surface area (Å²) in [6.07, 6.45) is 5.16. The van der Waals surface area contributed by atoms with Crippen LogP contribution in [0.2, 0.25) is 0 Å². The molecule has 1 aromatic carbocycles. The predicted molar refractivity (Wildman–Crippen MR) is 77.7 cm³/mol. The molecule has 0 radical (unpaired) electrons. The van der Waals surface area contributed by atoms with Crippen LogP contribution in [0.1, 0.15) is 45.7 Å². The second kappa shape index (κ2) is 10.2. The first-order valence-electron chi connectivity index (χ1n) is 5.67. The zero-order valence-corrected chi connectivity index (χ0v) is 10.4. The maximum Gasteiger partial charge on any atom is -0.0185 e. The van der Waals surface area contributed by atoms with Gasteiger partial charge in [-0.25, -0.2) is 0 Å². The van der Waals surface area contributed by atoms with E-state index in [1.54, 1.807) is 0 Å². The summed E-state index contributed by atoms with van der Waals surface area (Å²) in [4.78, 5) is 0. The summed E-state index contributed by atoms with van der Waals surface area (Å²) in [6.45, 7) is 12.1. The van der Waals surface area contributed by atoms with Crippen LogP contribution in [-0.2, 0) is 0 Å². The molecule has 0 saturated heterocycles. The van der Waals surface area contributed by atoms with E-state index in [0.717, 1.165) is 6.42 Å². The van der Waals surface area contributed by atoms with Gasteiger partial charge in [0.2, 0.25) is 0 Å². The van der Waals surface area contributed by atoms with Crippen molar-refractivity contribution in [3.05, 3.63) is 54.1 Å². The van der Waals surface area contributed by atoms with Crippen molar-refractivity contribution in [1.29, 1.82) is 0 Å². The molecule has 0 heterocycles. The lowest BCUT2D eigenvalue weighted by atomic mass is 10.0. The van der Waals surface area contributed by atoms with Gasteiger partial charge < -0.3 is 0 Å². The van der Waals surface area contributed by atoms with Crippen molar-refractivity contribution in [1.82, 2.24) is 0 Å². The lowest BCUT2D eigenvalue weighted by Gasteiger charge is -2.02. The summed E-state index contributed by atoms with van der Waals surface area (Å²) < 4.78 is 0. The van der Waals surface area contributed by atoms with Crippen LogP contribution in [0.15, 0.2) is 43.0 Å². The molecular formula is C16H26. The fourth-order valence-corrected chi connectivity index (χ4v) is 1.36. The van der Waals surface area contributed by atoms with Crippen LogP contribution in [0.3, 0.4) is 0 Å². The van der Waals surface area contributed by atoms with Crippen LogP contribution < -0.4 is 0 Å². The third kappa shape index (κ3) is 5.55. The van der Waals surface area contributed by atoms with Gasteiger partial charge in [0.1, 0.15) is 0 Å². The fourth-order valence-electron chi connectivity index (χ4n) is 1.36. The molecule has 0 unspecified atom stereocenters. The van der Waals surface area contributed by atoms with Crippen LogP contribution in [0.25, 0.3) is 5.57 Å². The Morgan fingerprint density at radius 1 is 1.31 bits per heavy atom. The van der Waals surface area contributed by atoms with Gasteiger partial charge in [0.15, 0.2) is 0 Å². The van der Waals surface area contributed by atoms with Crippen molar-refractivity contribution >= 4 is 5.57 Å². The Morgan fingerprint density at radius 3 is 2.38 bits per heavy atom. The highest BCUT2D eigenvalue weighted by Gasteiger charge is 1.95. The largest absolute Gasteiger partial charge is 0.0985 e. The quantitative estimate of drug-likeness (QED) is 0.576. The van der Waals surface area contributed by atoms with Gasteiger partial charge in [-0.2, -0.15) is 0 Å². The predicted octanol–water partition coefficient (Wildman–Crippen LogP) is 5.64. The SMILES string of the molecule is C.C=C/C(=C\CC)c1cccc(C)c1.CC. The first kappa shape index (κ1) is 17.1. The maximum atomic E-state index is 3.82. The average molecular weight is 218 g/mol. The topological polar surface area (TPSA) is 0 Å². The zero-order chi connectivity index (χ0) is 11.7. The molecule has 0 saturated carbocycles. The van der Waals surface area contributed by atoms with Gasteiger partial charge in [0, 0.05) is 0 Å². The summed E-state index contributed by atoms with van der Waals surface area (Å²) in [6, 6.07) is 8.49. The first-order chi connectivity index (χ1) is 7.27. The highest BCUT2D eigenvalue weighted by molar-refractivity contribution is 5.73. The summed E-state index contributed by atoms with van der Waals surface area (Å²) in [5.74, 6) is 0. The monoisotopic (exact) mass is 218 g/mol. The number of hydrogen-bond acceptors (Lipinski definition) is 0. The van der Waals surface area contributed by atoms with E-state index in [0.29, 0.717) is 0 Å². The van der Waals surface area contributed by atoms with E-state index in [4.69, 9.17) is 0 Å². The smallest absolute Gasteiger partial charge is 0.0185 e. The standard InChI is InChI=1S/C13H16.C2H6.CH4/c1-4-7-12(5-2)13-9-6-8-11(3)10-13;1-2;/h5-10H,2,4H2,1,3H3;1-2H3;1H4/b12-7+;;. The minimum atomic E-state index is 0. The molecule has 90 valence electrons. The van der Waals surface area contributed by atoms with Gasteiger partial charge in [-0.3, -0.25) is 0 Å². The Morgan fingerprint density at radius 2 is 1.94 bits per heavy atom. The van der Waals surface area contributed by atoms with Crippen molar-refractivity contribution in [3.63, 3.8) is 0 Å². The van der Waals surface area contributed by atoms with E-state index in [9.17, 15) is 0 Å². The van der Waals surface area contributed by atoms with Crippen molar-refractivity contribution < 1.29 is 0 Å². The molecule has 1 rings (SSSR count). The first-order valence-corrected chi connectivity index (χ1v) is 5.67. The number of hydrogen-bond donors (Lipinski definition) is 0. The summed E-state index contributed by atoms with van der Waals surface area (Å²) in [5, 5.41) is 0. The Kier molecular flexibility index (Phi) is 10.9. The summed E-state index contributed by atoms with van der Waals surface area (Å²) in [5.41, 5.74) is 3.78. The Hall–Kier alpha value is -1.30. The molecule has 1 aromatic rings. The molecule has 0 atom stereocenters. The van der Waals surface area contributed by atoms with Crippen molar-refractivity contribution in [3.8, 4) is 0 Å². The van der Waals surface area contributed by atoms with Crippen LogP contribution >= 0.6 is 0 Å².